The summed E-state index contributed by atoms with van der Waals surface area (Å²) in [4.78, 5) is 1.08. The summed E-state index contributed by atoms with van der Waals surface area (Å²) in [7, 11) is 6.92. The van der Waals surface area contributed by atoms with Gasteiger partial charge >= 0.3 is 0 Å². The molecule has 0 amide bonds. The minimum absolute atomic E-state index is 0.00694. The lowest BCUT2D eigenvalue weighted by molar-refractivity contribution is 0.0123. The lowest BCUT2D eigenvalue weighted by atomic mass is 10.1. The topological polar surface area (TPSA) is 0 Å². The number of alkyl halides is 2. The highest BCUT2D eigenvalue weighted by atomic mass is 79.9. The molecule has 2 rings (SSSR count). The first-order valence-corrected chi connectivity index (χ1v) is 9.65. The van der Waals surface area contributed by atoms with Crippen molar-refractivity contribution in [2.45, 2.75) is 51.4 Å². The van der Waals surface area contributed by atoms with Crippen molar-refractivity contribution in [3.05, 3.63) is 40.9 Å². The van der Waals surface area contributed by atoms with Gasteiger partial charge in [0, 0.05) is 15.8 Å². The average molecular weight is 412 g/mol. The third kappa shape index (κ3) is 8.35. The van der Waals surface area contributed by atoms with Gasteiger partial charge in [0.15, 0.2) is 0 Å². The van der Waals surface area contributed by atoms with Crippen molar-refractivity contribution in [1.82, 2.24) is 0 Å². The Kier molecular flexibility index (Phi) is 11.1. The average Bonchev–Trinajstić information content (AvgIpc) is 2.48. The molecule has 124 valence electrons. The SMILES string of the molecule is CC.CCCC(C)(F)F.ClSc1ccc2c(Br)cccc2c1. The largest absolute Gasteiger partial charge is 0.245 e. The van der Waals surface area contributed by atoms with Crippen LogP contribution in [-0.4, -0.2) is 5.92 Å². The van der Waals surface area contributed by atoms with Crippen LogP contribution in [0.2, 0.25) is 0 Å². The van der Waals surface area contributed by atoms with Crippen LogP contribution in [0.25, 0.3) is 10.8 Å². The number of benzene rings is 2. The Bertz CT molecular complexity index is 556. The Morgan fingerprint density at radius 3 is 2.27 bits per heavy atom. The summed E-state index contributed by atoms with van der Waals surface area (Å²) < 4.78 is 24.6. The highest BCUT2D eigenvalue weighted by molar-refractivity contribution is 9.10. The van der Waals surface area contributed by atoms with Crippen molar-refractivity contribution >= 4 is 48.4 Å². The highest BCUT2D eigenvalue weighted by Gasteiger charge is 2.17. The van der Waals surface area contributed by atoms with E-state index < -0.39 is 5.92 Å². The van der Waals surface area contributed by atoms with Crippen molar-refractivity contribution < 1.29 is 8.78 Å². The van der Waals surface area contributed by atoms with Crippen LogP contribution >= 0.6 is 37.6 Å². The molecule has 0 atom stereocenters. The summed E-state index contributed by atoms with van der Waals surface area (Å²) in [5, 5.41) is 2.43. The van der Waals surface area contributed by atoms with Gasteiger partial charge in [-0.25, -0.2) is 8.78 Å². The Morgan fingerprint density at radius 2 is 1.82 bits per heavy atom. The molecule has 2 aromatic rings. The van der Waals surface area contributed by atoms with Gasteiger partial charge in [0.2, 0.25) is 5.92 Å². The van der Waals surface area contributed by atoms with E-state index in [2.05, 4.69) is 34.1 Å². The van der Waals surface area contributed by atoms with E-state index in [0.29, 0.717) is 6.42 Å². The zero-order chi connectivity index (χ0) is 17.2. The van der Waals surface area contributed by atoms with Crippen LogP contribution in [0.3, 0.4) is 0 Å². The molecule has 0 fully saturated rings. The second-order valence-corrected chi connectivity index (χ2v) is 6.46. The molecule has 0 heterocycles. The fourth-order valence-corrected chi connectivity index (χ4v) is 2.80. The summed E-state index contributed by atoms with van der Waals surface area (Å²) in [6.45, 7) is 6.69. The fourth-order valence-electron chi connectivity index (χ4n) is 1.71. The summed E-state index contributed by atoms with van der Waals surface area (Å²) in [5.74, 6) is -2.45. The highest BCUT2D eigenvalue weighted by Crippen LogP contribution is 2.29. The normalized spacial score (nSPS) is 10.4. The van der Waals surface area contributed by atoms with Crippen LogP contribution in [0.5, 0.6) is 0 Å². The quantitative estimate of drug-likeness (QED) is 0.489. The zero-order valence-electron chi connectivity index (χ0n) is 13.3. The van der Waals surface area contributed by atoms with Crippen LogP contribution in [0.1, 0.15) is 40.5 Å². The van der Waals surface area contributed by atoms with E-state index in [1.165, 1.54) is 21.7 Å². The van der Waals surface area contributed by atoms with E-state index >= 15 is 0 Å². The van der Waals surface area contributed by atoms with Gasteiger partial charge in [-0.2, -0.15) is 0 Å². The summed E-state index contributed by atoms with van der Waals surface area (Å²) in [5.41, 5.74) is 0. The summed E-state index contributed by atoms with van der Waals surface area (Å²) in [6.07, 6.45) is 0.566. The van der Waals surface area contributed by atoms with Crippen LogP contribution < -0.4 is 0 Å². The van der Waals surface area contributed by atoms with Crippen LogP contribution in [0.4, 0.5) is 8.78 Å². The first-order valence-electron chi connectivity index (χ1n) is 7.22. The molecular formula is C17H22BrClF2S. The molecule has 2 aromatic carbocycles. The maximum absolute atomic E-state index is 11.7. The van der Waals surface area contributed by atoms with Crippen LogP contribution in [-0.2, 0) is 0 Å². The zero-order valence-corrected chi connectivity index (χ0v) is 16.5. The van der Waals surface area contributed by atoms with Crippen molar-refractivity contribution in [2.24, 2.45) is 0 Å². The van der Waals surface area contributed by atoms with E-state index in [9.17, 15) is 8.78 Å². The van der Waals surface area contributed by atoms with Gasteiger partial charge in [0.05, 0.1) is 0 Å². The number of hydrogen-bond donors (Lipinski definition) is 0. The predicted molar refractivity (Wildman–Crippen MR) is 100 cm³/mol. The Hall–Kier alpha value is -0.320. The Balaban J connectivity index is 0.000000421. The maximum Gasteiger partial charge on any atom is 0.245 e. The molecule has 5 heteroatoms. The van der Waals surface area contributed by atoms with E-state index in [1.54, 1.807) is 6.92 Å². The van der Waals surface area contributed by atoms with E-state index in [4.69, 9.17) is 10.7 Å². The van der Waals surface area contributed by atoms with Gasteiger partial charge < -0.3 is 0 Å². The lowest BCUT2D eigenvalue weighted by Gasteiger charge is -2.05. The van der Waals surface area contributed by atoms with Crippen LogP contribution in [0, 0.1) is 0 Å². The number of halogens is 4. The number of fused-ring (bicyclic) bond motifs is 1. The molecule has 0 aliphatic heterocycles. The van der Waals surface area contributed by atoms with Gasteiger partial charge in [0.25, 0.3) is 0 Å². The van der Waals surface area contributed by atoms with E-state index in [0.717, 1.165) is 16.3 Å². The van der Waals surface area contributed by atoms with Crippen molar-refractivity contribution in [3.63, 3.8) is 0 Å². The third-order valence-electron chi connectivity index (χ3n) is 2.58. The van der Waals surface area contributed by atoms with Crippen LogP contribution in [0.15, 0.2) is 45.8 Å². The van der Waals surface area contributed by atoms with Gasteiger partial charge in [-0.3, -0.25) is 0 Å². The molecule has 0 nitrogen and oxygen atoms in total. The third-order valence-corrected chi connectivity index (χ3v) is 4.23. The van der Waals surface area contributed by atoms with Crippen molar-refractivity contribution in [1.29, 1.82) is 0 Å². The lowest BCUT2D eigenvalue weighted by Crippen LogP contribution is -2.07. The molecule has 0 aliphatic carbocycles. The van der Waals surface area contributed by atoms with Gasteiger partial charge in [-0.05, 0) is 57.6 Å². The summed E-state index contributed by atoms with van der Waals surface area (Å²) >= 11 is 3.50. The van der Waals surface area contributed by atoms with Crippen molar-refractivity contribution in [2.75, 3.05) is 0 Å². The molecule has 0 aromatic heterocycles. The molecule has 0 N–H and O–H groups in total. The second-order valence-electron chi connectivity index (χ2n) is 4.52. The predicted octanol–water partition coefficient (Wildman–Crippen LogP) is 8.32. The minimum atomic E-state index is -2.45. The first-order chi connectivity index (χ1) is 10.4. The van der Waals surface area contributed by atoms with Gasteiger partial charge in [-0.1, -0.05) is 61.3 Å². The smallest absolute Gasteiger partial charge is 0.207 e. The molecule has 0 aliphatic rings. The molecular weight excluding hydrogens is 390 g/mol. The number of rotatable bonds is 3. The van der Waals surface area contributed by atoms with Gasteiger partial charge in [0.1, 0.15) is 0 Å². The standard InChI is InChI=1S/C10H6BrClS.C5H10F2.C2H6/c11-10-3-1-2-7-6-8(13-12)4-5-9(7)10;1-3-4-5(2,6)7;1-2/h1-6H;3-4H2,1-2H3;1-2H3. The monoisotopic (exact) mass is 410 g/mol. The molecule has 0 radical (unpaired) electrons. The number of hydrogen-bond acceptors (Lipinski definition) is 1. The molecule has 0 saturated carbocycles. The van der Waals surface area contributed by atoms with Crippen molar-refractivity contribution in [3.8, 4) is 0 Å². The first kappa shape index (κ1) is 21.7. The second kappa shape index (κ2) is 11.3. The van der Waals surface area contributed by atoms with E-state index in [1.807, 2.05) is 32.0 Å². The Morgan fingerprint density at radius 1 is 1.18 bits per heavy atom. The fraction of sp³-hybridized carbons (Fsp3) is 0.412. The molecule has 0 unspecified atom stereocenters. The minimum Gasteiger partial charge on any atom is -0.207 e. The maximum atomic E-state index is 11.7. The Labute approximate surface area is 149 Å². The molecule has 22 heavy (non-hydrogen) atoms. The molecule has 0 saturated heterocycles. The van der Waals surface area contributed by atoms with E-state index in [-0.39, 0.29) is 6.42 Å². The summed E-state index contributed by atoms with van der Waals surface area (Å²) in [6, 6.07) is 12.3. The molecule has 0 spiro atoms. The van der Waals surface area contributed by atoms with Gasteiger partial charge in [-0.15, -0.1) is 0 Å². The molecule has 0 bridgehead atoms.